The fraction of sp³-hybridized carbons (Fsp3) is 0.273. The molecule has 0 atom stereocenters. The lowest BCUT2D eigenvalue weighted by Crippen LogP contribution is -2.33. The van der Waals surface area contributed by atoms with Crippen molar-refractivity contribution in [3.05, 3.63) is 30.3 Å². The number of hydrogen-bond donors (Lipinski definition) is 0. The Morgan fingerprint density at radius 2 is 1.83 bits per heavy atom. The molecule has 1 aromatic carbocycles. The molecule has 0 aromatic heterocycles. The number of amides is 2. The summed E-state index contributed by atoms with van der Waals surface area (Å²) in [6, 6.07) is 7.99. The number of benzene rings is 1. The van der Waals surface area contributed by atoms with Crippen molar-refractivity contribution in [2.75, 3.05) is 18.1 Å². The van der Waals surface area contributed by atoms with Crippen LogP contribution in [0.25, 0.3) is 0 Å². The zero-order valence-electron chi connectivity index (χ0n) is 9.40. The summed E-state index contributed by atoms with van der Waals surface area (Å²) in [7, 11) is -3.45. The summed E-state index contributed by atoms with van der Waals surface area (Å²) in [6.45, 7) is -0.0815. The van der Waals surface area contributed by atoms with Crippen LogP contribution in [0.15, 0.2) is 35.2 Å². The summed E-state index contributed by atoms with van der Waals surface area (Å²) in [4.78, 5) is 23.8. The monoisotopic (exact) mass is 285 g/mol. The molecule has 2 amide bonds. The van der Waals surface area contributed by atoms with Gasteiger partial charge in [0.1, 0.15) is 0 Å². The van der Waals surface area contributed by atoms with Crippen molar-refractivity contribution in [1.29, 1.82) is 0 Å². The van der Waals surface area contributed by atoms with Crippen LogP contribution in [0.5, 0.6) is 0 Å². The van der Waals surface area contributed by atoms with E-state index in [1.807, 2.05) is 0 Å². The first-order chi connectivity index (χ1) is 8.50. The molecule has 0 N–H and O–H groups in total. The van der Waals surface area contributed by atoms with E-state index in [0.717, 1.165) is 16.7 Å². The van der Waals surface area contributed by atoms with Gasteiger partial charge in [-0.25, -0.2) is 8.42 Å². The van der Waals surface area contributed by atoms with E-state index in [9.17, 15) is 18.0 Å². The fourth-order valence-electron chi connectivity index (χ4n) is 1.55. The minimum atomic E-state index is -3.45. The zero-order chi connectivity index (χ0) is 13.2. The van der Waals surface area contributed by atoms with Crippen molar-refractivity contribution >= 4 is 32.7 Å². The molecule has 0 radical (unpaired) electrons. The second kappa shape index (κ2) is 5.11. The quantitative estimate of drug-likeness (QED) is 0.830. The maximum atomic E-state index is 11.9. The van der Waals surface area contributed by atoms with Gasteiger partial charge in [-0.15, -0.1) is 0 Å². The Balaban J connectivity index is 2.06. The summed E-state index contributed by atoms with van der Waals surface area (Å²) in [5.74, 6) is -0.465. The van der Waals surface area contributed by atoms with Crippen LogP contribution in [0.4, 0.5) is 4.79 Å². The summed E-state index contributed by atoms with van der Waals surface area (Å²) < 4.78 is 23.9. The van der Waals surface area contributed by atoms with Crippen LogP contribution in [0.3, 0.4) is 0 Å². The van der Waals surface area contributed by atoms with E-state index in [1.165, 1.54) is 12.1 Å². The van der Waals surface area contributed by atoms with Crippen LogP contribution < -0.4 is 0 Å². The van der Waals surface area contributed by atoms with Gasteiger partial charge in [0, 0.05) is 6.54 Å². The van der Waals surface area contributed by atoms with Gasteiger partial charge in [-0.2, -0.15) is 0 Å². The Morgan fingerprint density at radius 1 is 1.17 bits per heavy atom. The Kier molecular flexibility index (Phi) is 3.72. The first-order valence-electron chi connectivity index (χ1n) is 5.25. The second-order valence-corrected chi connectivity index (χ2v) is 6.77. The van der Waals surface area contributed by atoms with Crippen LogP contribution in [-0.2, 0) is 14.6 Å². The third-order valence-corrected chi connectivity index (χ3v) is 5.10. The number of carbonyl (C=O) groups excluding carboxylic acids is 2. The second-order valence-electron chi connectivity index (χ2n) is 3.73. The van der Waals surface area contributed by atoms with Crippen LogP contribution in [0.2, 0.25) is 0 Å². The van der Waals surface area contributed by atoms with Crippen molar-refractivity contribution < 1.29 is 18.0 Å². The molecular weight excluding hydrogens is 274 g/mol. The largest absolute Gasteiger partial charge is 0.288 e. The molecule has 0 bridgehead atoms. The predicted molar refractivity (Wildman–Crippen MR) is 68.1 cm³/mol. The molecule has 1 saturated heterocycles. The van der Waals surface area contributed by atoms with Crippen LogP contribution in [0.1, 0.15) is 0 Å². The van der Waals surface area contributed by atoms with Gasteiger partial charge in [0.15, 0.2) is 9.84 Å². The molecule has 0 spiro atoms. The van der Waals surface area contributed by atoms with E-state index in [2.05, 4.69) is 0 Å². The minimum absolute atomic E-state index is 0.0815. The molecule has 2 rings (SSSR count). The van der Waals surface area contributed by atoms with E-state index in [-0.39, 0.29) is 34.1 Å². The predicted octanol–water partition coefficient (Wildman–Crippen LogP) is 1.16. The van der Waals surface area contributed by atoms with E-state index >= 15 is 0 Å². The van der Waals surface area contributed by atoms with E-state index in [0.29, 0.717) is 0 Å². The molecule has 1 fully saturated rings. The average molecular weight is 285 g/mol. The molecule has 5 nitrogen and oxygen atoms in total. The zero-order valence-corrected chi connectivity index (χ0v) is 11.0. The molecule has 0 aliphatic carbocycles. The summed E-state index contributed by atoms with van der Waals surface area (Å²) >= 11 is 0.902. The topological polar surface area (TPSA) is 71.5 Å². The molecule has 96 valence electrons. The Hall–Kier alpha value is -1.34. The molecule has 1 heterocycles. The van der Waals surface area contributed by atoms with E-state index < -0.39 is 9.84 Å². The molecule has 1 aliphatic heterocycles. The highest BCUT2D eigenvalue weighted by Crippen LogP contribution is 2.19. The Morgan fingerprint density at radius 3 is 2.39 bits per heavy atom. The van der Waals surface area contributed by atoms with Crippen molar-refractivity contribution in [2.24, 2.45) is 0 Å². The summed E-state index contributed by atoms with van der Waals surface area (Å²) in [5.41, 5.74) is 0. The lowest BCUT2D eigenvalue weighted by atomic mass is 10.4. The van der Waals surface area contributed by atoms with Crippen LogP contribution in [-0.4, -0.2) is 42.5 Å². The number of carbonyl (C=O) groups is 2. The number of nitrogens with zero attached hydrogens (tertiary/aromatic N) is 1. The number of thioether (sulfide) groups is 1. The molecule has 18 heavy (non-hydrogen) atoms. The average Bonchev–Trinajstić information content (AvgIpc) is 2.68. The normalized spacial score (nSPS) is 16.3. The van der Waals surface area contributed by atoms with Gasteiger partial charge in [-0.05, 0) is 12.1 Å². The van der Waals surface area contributed by atoms with Crippen LogP contribution >= 0.6 is 11.8 Å². The third-order valence-electron chi connectivity index (χ3n) is 2.53. The fourth-order valence-corrected chi connectivity index (χ4v) is 3.54. The first-order valence-corrected chi connectivity index (χ1v) is 7.89. The van der Waals surface area contributed by atoms with Crippen molar-refractivity contribution in [3.63, 3.8) is 0 Å². The maximum absolute atomic E-state index is 11.9. The molecule has 7 heteroatoms. The number of imide groups is 1. The van der Waals surface area contributed by atoms with E-state index in [4.69, 9.17) is 0 Å². The highest BCUT2D eigenvalue weighted by molar-refractivity contribution is 8.14. The lowest BCUT2D eigenvalue weighted by Gasteiger charge is -2.12. The van der Waals surface area contributed by atoms with Crippen molar-refractivity contribution in [2.45, 2.75) is 4.90 Å². The van der Waals surface area contributed by atoms with Gasteiger partial charge < -0.3 is 0 Å². The molecular formula is C11H11NO4S2. The Labute approximate surface area is 109 Å². The molecule has 0 unspecified atom stereocenters. The third kappa shape index (κ3) is 2.73. The minimum Gasteiger partial charge on any atom is -0.273 e. The molecule has 0 saturated carbocycles. The SMILES string of the molecule is O=C1CSC(=O)N1CCS(=O)(=O)c1ccccc1. The van der Waals surface area contributed by atoms with Gasteiger partial charge in [0.05, 0.1) is 16.4 Å². The van der Waals surface area contributed by atoms with Gasteiger partial charge in [-0.1, -0.05) is 30.0 Å². The highest BCUT2D eigenvalue weighted by Gasteiger charge is 2.30. The van der Waals surface area contributed by atoms with E-state index in [1.54, 1.807) is 18.2 Å². The van der Waals surface area contributed by atoms with Gasteiger partial charge in [-0.3, -0.25) is 14.5 Å². The number of sulfone groups is 1. The summed E-state index contributed by atoms with van der Waals surface area (Å²) in [6.07, 6.45) is 0. The van der Waals surface area contributed by atoms with Crippen molar-refractivity contribution in [3.8, 4) is 0 Å². The van der Waals surface area contributed by atoms with Gasteiger partial charge in [0.25, 0.3) is 5.24 Å². The number of hydrogen-bond acceptors (Lipinski definition) is 5. The standard InChI is InChI=1S/C11H11NO4S2/c13-10-8-17-11(14)12(10)6-7-18(15,16)9-4-2-1-3-5-9/h1-5H,6-8H2. The Bertz CT molecular complexity index is 552. The highest BCUT2D eigenvalue weighted by atomic mass is 32.2. The lowest BCUT2D eigenvalue weighted by molar-refractivity contribution is -0.124. The smallest absolute Gasteiger partial charge is 0.273 e. The molecule has 1 aromatic rings. The first kappa shape index (κ1) is 13.1. The summed E-state index contributed by atoms with van der Waals surface area (Å²) in [5, 5.41) is -0.372. The number of rotatable bonds is 4. The van der Waals surface area contributed by atoms with Gasteiger partial charge >= 0.3 is 0 Å². The maximum Gasteiger partial charge on any atom is 0.288 e. The molecule has 1 aliphatic rings. The van der Waals surface area contributed by atoms with Crippen molar-refractivity contribution in [1.82, 2.24) is 4.90 Å². The van der Waals surface area contributed by atoms with Crippen LogP contribution in [0, 0.1) is 0 Å². The van der Waals surface area contributed by atoms with Gasteiger partial charge in [0.2, 0.25) is 5.91 Å².